The van der Waals surface area contributed by atoms with Gasteiger partial charge >= 0.3 is 0 Å². The molecule has 34 heavy (non-hydrogen) atoms. The molecule has 7 heteroatoms. The second kappa shape index (κ2) is 9.66. The smallest absolute Gasteiger partial charge is 0.241 e. The van der Waals surface area contributed by atoms with E-state index in [9.17, 15) is 13.2 Å². The van der Waals surface area contributed by atoms with Gasteiger partial charge in [-0.05, 0) is 72.7 Å². The quantitative estimate of drug-likeness (QED) is 0.546. The van der Waals surface area contributed by atoms with E-state index in [4.69, 9.17) is 0 Å². The zero-order valence-electron chi connectivity index (χ0n) is 19.3. The monoisotopic (exact) mass is 477 g/mol. The van der Waals surface area contributed by atoms with E-state index >= 15 is 0 Å². The summed E-state index contributed by atoms with van der Waals surface area (Å²) in [6.07, 6.45) is 5.34. The lowest BCUT2D eigenvalue weighted by molar-refractivity contribution is -0.129. The molecule has 5 rings (SSSR count). The number of anilines is 2. The van der Waals surface area contributed by atoms with Gasteiger partial charge in [-0.3, -0.25) is 9.52 Å². The molecule has 6 nitrogen and oxygen atoms in total. The van der Waals surface area contributed by atoms with Crippen LogP contribution in [0.15, 0.2) is 66.7 Å². The van der Waals surface area contributed by atoms with E-state index in [1.807, 2.05) is 30.3 Å². The Hall–Kier alpha value is -3.06. The lowest BCUT2D eigenvalue weighted by atomic mass is 9.97. The normalized spacial score (nSPS) is 18.9. The minimum absolute atomic E-state index is 0.0994. The van der Waals surface area contributed by atoms with Crippen molar-refractivity contribution in [3.05, 3.63) is 72.3 Å². The molecular weight excluding hydrogens is 446 g/mol. The predicted molar refractivity (Wildman–Crippen MR) is 138 cm³/mol. The summed E-state index contributed by atoms with van der Waals surface area (Å²) in [5.41, 5.74) is 2.68. The number of sulfonamides is 1. The molecular formula is C27H31N3O3S. The van der Waals surface area contributed by atoms with Crippen LogP contribution in [-0.2, 0) is 14.8 Å². The topological polar surface area (TPSA) is 69.7 Å². The number of carbonyl (C=O) groups is 1. The molecule has 1 amide bonds. The molecule has 3 aromatic rings. The van der Waals surface area contributed by atoms with Crippen LogP contribution in [0.25, 0.3) is 10.8 Å². The van der Waals surface area contributed by atoms with Gasteiger partial charge < -0.3 is 9.80 Å². The highest BCUT2D eigenvalue weighted by Crippen LogP contribution is 2.36. The van der Waals surface area contributed by atoms with Crippen LogP contribution in [0.4, 0.5) is 11.4 Å². The van der Waals surface area contributed by atoms with Crippen LogP contribution in [0.1, 0.15) is 43.7 Å². The summed E-state index contributed by atoms with van der Waals surface area (Å²) in [7, 11) is -3.81. The molecule has 0 bridgehead atoms. The summed E-state index contributed by atoms with van der Waals surface area (Å²) in [4.78, 5) is 17.2. The summed E-state index contributed by atoms with van der Waals surface area (Å²) in [6.45, 7) is 2.65. The van der Waals surface area contributed by atoms with Crippen molar-refractivity contribution in [3.8, 4) is 0 Å². The number of rotatable bonds is 6. The van der Waals surface area contributed by atoms with Crippen LogP contribution in [0, 0.1) is 0 Å². The third-order valence-corrected chi connectivity index (χ3v) is 8.10. The molecule has 0 spiro atoms. The lowest BCUT2D eigenvalue weighted by Crippen LogP contribution is -2.37. The van der Waals surface area contributed by atoms with Crippen LogP contribution in [0.5, 0.6) is 0 Å². The first-order valence-corrected chi connectivity index (χ1v) is 13.8. The van der Waals surface area contributed by atoms with E-state index in [-0.39, 0.29) is 11.9 Å². The summed E-state index contributed by atoms with van der Waals surface area (Å²) in [6, 6.07) is 21.6. The molecule has 0 aromatic heterocycles. The zero-order valence-corrected chi connectivity index (χ0v) is 20.1. The number of carbonyl (C=O) groups excluding carboxylic acids is 1. The van der Waals surface area contributed by atoms with E-state index in [1.54, 1.807) is 17.0 Å². The average molecular weight is 478 g/mol. The molecule has 1 atom stereocenters. The van der Waals surface area contributed by atoms with E-state index in [0.29, 0.717) is 12.2 Å². The van der Waals surface area contributed by atoms with Gasteiger partial charge in [0.2, 0.25) is 15.9 Å². The fourth-order valence-corrected chi connectivity index (χ4v) is 6.34. The van der Waals surface area contributed by atoms with Crippen molar-refractivity contribution in [2.24, 2.45) is 0 Å². The molecule has 3 aromatic carbocycles. The Labute approximate surface area is 201 Å². The number of nitrogens with one attached hydrogen (secondary N) is 1. The van der Waals surface area contributed by atoms with E-state index < -0.39 is 15.8 Å². The first-order chi connectivity index (χ1) is 16.5. The van der Waals surface area contributed by atoms with Gasteiger partial charge in [0.05, 0.1) is 6.04 Å². The van der Waals surface area contributed by atoms with Gasteiger partial charge in [0, 0.05) is 31.0 Å². The third kappa shape index (κ3) is 4.89. The fraction of sp³-hybridized carbons (Fsp3) is 0.370. The number of amides is 1. The Morgan fingerprint density at radius 1 is 0.853 bits per heavy atom. The van der Waals surface area contributed by atoms with Gasteiger partial charge in [0.15, 0.2) is 0 Å². The van der Waals surface area contributed by atoms with Gasteiger partial charge in [0.1, 0.15) is 5.75 Å². The van der Waals surface area contributed by atoms with Gasteiger partial charge in [-0.1, -0.05) is 42.5 Å². The molecule has 2 aliphatic rings. The first kappa shape index (κ1) is 22.7. The summed E-state index contributed by atoms with van der Waals surface area (Å²) in [5, 5.41) is 2.24. The van der Waals surface area contributed by atoms with Gasteiger partial charge in [0.25, 0.3) is 0 Å². The second-order valence-corrected chi connectivity index (χ2v) is 11.0. The van der Waals surface area contributed by atoms with E-state index in [0.717, 1.165) is 48.0 Å². The highest BCUT2D eigenvalue weighted by Gasteiger charge is 2.33. The third-order valence-electron chi connectivity index (χ3n) is 6.93. The molecule has 2 heterocycles. The molecule has 1 unspecified atom stereocenters. The molecule has 0 aliphatic carbocycles. The first-order valence-electron chi connectivity index (χ1n) is 12.1. The molecule has 2 saturated heterocycles. The summed E-state index contributed by atoms with van der Waals surface area (Å²) in [5.74, 6) is -0.907. The number of nitrogens with zero attached hydrogens (tertiary/aromatic N) is 2. The molecule has 0 saturated carbocycles. The van der Waals surface area contributed by atoms with E-state index in [1.165, 1.54) is 19.3 Å². The summed E-state index contributed by atoms with van der Waals surface area (Å²) < 4.78 is 28.3. The maximum absolute atomic E-state index is 13.1. The molecule has 1 N–H and O–H groups in total. The van der Waals surface area contributed by atoms with Crippen molar-refractivity contribution in [2.45, 2.75) is 38.1 Å². The SMILES string of the molecule is O=C(CS(=O)(=O)Nc1ccc(N2CCCCC2)cc1)N1CCCC1c1cccc2ccccc12. The number of benzene rings is 3. The average Bonchev–Trinajstić information content (AvgIpc) is 3.34. The van der Waals surface area contributed by atoms with Crippen LogP contribution in [-0.4, -0.2) is 44.6 Å². The van der Waals surface area contributed by atoms with Crippen molar-refractivity contribution in [3.63, 3.8) is 0 Å². The minimum atomic E-state index is -3.81. The van der Waals surface area contributed by atoms with Crippen molar-refractivity contribution >= 4 is 38.1 Å². The van der Waals surface area contributed by atoms with E-state index in [2.05, 4.69) is 33.9 Å². The highest BCUT2D eigenvalue weighted by atomic mass is 32.2. The molecule has 2 aliphatic heterocycles. The number of fused-ring (bicyclic) bond motifs is 1. The number of hydrogen-bond acceptors (Lipinski definition) is 4. The number of piperidine rings is 1. The number of likely N-dealkylation sites (tertiary alicyclic amines) is 1. The zero-order chi connectivity index (χ0) is 23.5. The Kier molecular flexibility index (Phi) is 6.46. The van der Waals surface area contributed by atoms with Crippen molar-refractivity contribution in [1.82, 2.24) is 4.90 Å². The maximum Gasteiger partial charge on any atom is 0.241 e. The van der Waals surface area contributed by atoms with Gasteiger partial charge in [-0.25, -0.2) is 8.42 Å². The fourth-order valence-electron chi connectivity index (χ4n) is 5.28. The summed E-state index contributed by atoms with van der Waals surface area (Å²) >= 11 is 0. The predicted octanol–water partition coefficient (Wildman–Crippen LogP) is 4.94. The molecule has 2 fully saturated rings. The standard InChI is InChI=1S/C27H31N3O3S/c31-27(30-19-7-12-26(30)25-11-6-9-21-8-2-3-10-24(21)25)20-34(32,33)28-22-13-15-23(16-14-22)29-17-4-1-5-18-29/h2-3,6,8-11,13-16,26,28H,1,4-5,7,12,17-20H2. The second-order valence-electron chi connectivity index (χ2n) is 9.27. The molecule has 0 radical (unpaired) electrons. The minimum Gasteiger partial charge on any atom is -0.372 e. The van der Waals surface area contributed by atoms with Crippen LogP contribution in [0.3, 0.4) is 0 Å². The maximum atomic E-state index is 13.1. The number of hydrogen-bond donors (Lipinski definition) is 1. The lowest BCUT2D eigenvalue weighted by Gasteiger charge is -2.29. The van der Waals surface area contributed by atoms with Crippen molar-refractivity contribution < 1.29 is 13.2 Å². The van der Waals surface area contributed by atoms with Crippen LogP contribution >= 0.6 is 0 Å². The van der Waals surface area contributed by atoms with Gasteiger partial charge in [-0.2, -0.15) is 0 Å². The van der Waals surface area contributed by atoms with Crippen LogP contribution < -0.4 is 9.62 Å². The van der Waals surface area contributed by atoms with Crippen molar-refractivity contribution in [2.75, 3.05) is 35.0 Å². The van der Waals surface area contributed by atoms with Crippen LogP contribution in [0.2, 0.25) is 0 Å². The Morgan fingerprint density at radius 3 is 2.38 bits per heavy atom. The van der Waals surface area contributed by atoms with Crippen molar-refractivity contribution in [1.29, 1.82) is 0 Å². The Morgan fingerprint density at radius 2 is 1.59 bits per heavy atom. The highest BCUT2D eigenvalue weighted by molar-refractivity contribution is 7.93. The van der Waals surface area contributed by atoms with Gasteiger partial charge in [-0.15, -0.1) is 0 Å². The Balaban J connectivity index is 1.27. The Bertz CT molecular complexity index is 1260. The molecule has 178 valence electrons. The largest absolute Gasteiger partial charge is 0.372 e.